The maximum absolute atomic E-state index is 5.83. The van der Waals surface area contributed by atoms with Crippen LogP contribution in [0.5, 0.6) is 23.0 Å². The van der Waals surface area contributed by atoms with Gasteiger partial charge < -0.3 is 28.4 Å². The Kier molecular flexibility index (Phi) is 5.31. The van der Waals surface area contributed by atoms with Crippen LogP contribution in [0.2, 0.25) is 0 Å². The minimum atomic E-state index is -0.276. The van der Waals surface area contributed by atoms with Crippen molar-refractivity contribution in [3.63, 3.8) is 0 Å². The highest BCUT2D eigenvalue weighted by Gasteiger charge is 2.33. The zero-order valence-corrected chi connectivity index (χ0v) is 14.8. The Morgan fingerprint density at radius 3 is 1.76 bits per heavy atom. The van der Waals surface area contributed by atoms with Crippen LogP contribution >= 0.6 is 0 Å². The highest BCUT2D eigenvalue weighted by molar-refractivity contribution is 5.54. The van der Waals surface area contributed by atoms with E-state index in [2.05, 4.69) is 0 Å². The molecular formula is C19H22O6. The second-order valence-electron chi connectivity index (χ2n) is 5.52. The molecule has 0 spiro atoms. The molecule has 0 saturated carbocycles. The van der Waals surface area contributed by atoms with E-state index in [9.17, 15) is 0 Å². The standard InChI is InChI=1S/C19H22O6/c1-20-14-7-5-12(6-8-14)17-18(25-11-24-17)13-9-15(21-2)19(23-4)16(10-13)22-3/h5-10,17-18H,11H2,1-4H3/t17-,18-/m1/s1. The molecule has 1 saturated heterocycles. The van der Waals surface area contributed by atoms with Crippen molar-refractivity contribution in [2.75, 3.05) is 35.2 Å². The van der Waals surface area contributed by atoms with Crippen molar-refractivity contribution in [2.24, 2.45) is 0 Å². The van der Waals surface area contributed by atoms with Crippen LogP contribution in [-0.2, 0) is 9.47 Å². The lowest BCUT2D eigenvalue weighted by molar-refractivity contribution is 0.0381. The molecule has 0 radical (unpaired) electrons. The summed E-state index contributed by atoms with van der Waals surface area (Å²) in [4.78, 5) is 0. The average Bonchev–Trinajstić information content (AvgIpc) is 3.16. The predicted octanol–water partition coefficient (Wildman–Crippen LogP) is 3.51. The molecule has 2 aromatic carbocycles. The number of benzene rings is 2. The van der Waals surface area contributed by atoms with Crippen LogP contribution in [0, 0.1) is 0 Å². The number of hydrogen-bond donors (Lipinski definition) is 0. The summed E-state index contributed by atoms with van der Waals surface area (Å²) >= 11 is 0. The fraction of sp³-hybridized carbons (Fsp3) is 0.368. The summed E-state index contributed by atoms with van der Waals surface area (Å²) in [6.45, 7) is 0.220. The largest absolute Gasteiger partial charge is 0.497 e. The van der Waals surface area contributed by atoms with Gasteiger partial charge in [0, 0.05) is 0 Å². The van der Waals surface area contributed by atoms with Gasteiger partial charge in [0.05, 0.1) is 28.4 Å². The number of methoxy groups -OCH3 is 4. The Morgan fingerprint density at radius 2 is 1.28 bits per heavy atom. The van der Waals surface area contributed by atoms with Gasteiger partial charge in [-0.25, -0.2) is 0 Å². The maximum Gasteiger partial charge on any atom is 0.203 e. The Balaban J connectivity index is 1.96. The van der Waals surface area contributed by atoms with Crippen molar-refractivity contribution in [2.45, 2.75) is 12.2 Å². The quantitative estimate of drug-likeness (QED) is 0.798. The van der Waals surface area contributed by atoms with Gasteiger partial charge in [0.25, 0.3) is 0 Å². The van der Waals surface area contributed by atoms with Gasteiger partial charge in [0.1, 0.15) is 24.8 Å². The Hall–Kier alpha value is -2.44. The predicted molar refractivity (Wildman–Crippen MR) is 91.6 cm³/mol. The molecule has 0 bridgehead atoms. The van der Waals surface area contributed by atoms with Crippen molar-refractivity contribution in [1.82, 2.24) is 0 Å². The first kappa shape index (κ1) is 17.4. The van der Waals surface area contributed by atoms with E-state index in [1.54, 1.807) is 28.4 Å². The van der Waals surface area contributed by atoms with Crippen LogP contribution in [-0.4, -0.2) is 35.2 Å². The lowest BCUT2D eigenvalue weighted by Crippen LogP contribution is -2.08. The van der Waals surface area contributed by atoms with Crippen LogP contribution in [0.3, 0.4) is 0 Å². The van der Waals surface area contributed by atoms with Crippen molar-refractivity contribution >= 4 is 0 Å². The van der Waals surface area contributed by atoms with Crippen LogP contribution < -0.4 is 18.9 Å². The van der Waals surface area contributed by atoms with Gasteiger partial charge in [0.2, 0.25) is 5.75 Å². The second-order valence-corrected chi connectivity index (χ2v) is 5.52. The summed E-state index contributed by atoms with van der Waals surface area (Å²) in [6, 6.07) is 11.5. The molecule has 1 heterocycles. The summed E-state index contributed by atoms with van der Waals surface area (Å²) in [5, 5.41) is 0. The van der Waals surface area contributed by atoms with Gasteiger partial charge in [0.15, 0.2) is 11.5 Å². The number of hydrogen-bond acceptors (Lipinski definition) is 6. The molecule has 0 amide bonds. The molecule has 2 aromatic rings. The van der Waals surface area contributed by atoms with E-state index in [1.807, 2.05) is 36.4 Å². The molecule has 3 rings (SSSR count). The zero-order valence-electron chi connectivity index (χ0n) is 14.8. The van der Waals surface area contributed by atoms with E-state index < -0.39 is 0 Å². The number of ether oxygens (including phenoxy) is 6. The molecule has 6 heteroatoms. The fourth-order valence-corrected chi connectivity index (χ4v) is 2.96. The third kappa shape index (κ3) is 3.36. The van der Waals surface area contributed by atoms with E-state index in [-0.39, 0.29) is 19.0 Å². The molecule has 2 atom stereocenters. The molecule has 6 nitrogen and oxygen atoms in total. The first-order chi connectivity index (χ1) is 12.2. The minimum absolute atomic E-state index is 0.220. The summed E-state index contributed by atoms with van der Waals surface area (Å²) in [6.07, 6.45) is -0.504. The minimum Gasteiger partial charge on any atom is -0.497 e. The van der Waals surface area contributed by atoms with Crippen molar-refractivity contribution in [3.05, 3.63) is 47.5 Å². The molecule has 0 N–H and O–H groups in total. The Morgan fingerprint density at radius 1 is 0.720 bits per heavy atom. The molecule has 0 aliphatic carbocycles. The van der Waals surface area contributed by atoms with E-state index in [1.165, 1.54) is 0 Å². The lowest BCUT2D eigenvalue weighted by Gasteiger charge is -2.20. The highest BCUT2D eigenvalue weighted by atomic mass is 16.7. The molecule has 1 aliphatic heterocycles. The van der Waals surface area contributed by atoms with Gasteiger partial charge in [-0.15, -0.1) is 0 Å². The van der Waals surface area contributed by atoms with Gasteiger partial charge in [-0.05, 0) is 35.4 Å². The molecule has 0 aromatic heterocycles. The van der Waals surface area contributed by atoms with Crippen LogP contribution in [0.15, 0.2) is 36.4 Å². The molecule has 134 valence electrons. The number of rotatable bonds is 6. The Bertz CT molecular complexity index is 687. The van der Waals surface area contributed by atoms with E-state index >= 15 is 0 Å². The molecule has 1 fully saturated rings. The van der Waals surface area contributed by atoms with Crippen LogP contribution in [0.25, 0.3) is 0 Å². The van der Waals surface area contributed by atoms with Gasteiger partial charge in [-0.1, -0.05) is 12.1 Å². The third-order valence-corrected chi connectivity index (χ3v) is 4.23. The normalized spacial score (nSPS) is 19.5. The second kappa shape index (κ2) is 7.63. The van der Waals surface area contributed by atoms with Crippen molar-refractivity contribution in [1.29, 1.82) is 0 Å². The SMILES string of the molecule is COc1ccc([C@H]2OCO[C@@H]2c2cc(OC)c(OC)c(OC)c2)cc1. The average molecular weight is 346 g/mol. The first-order valence-electron chi connectivity index (χ1n) is 7.88. The van der Waals surface area contributed by atoms with E-state index in [0.717, 1.165) is 16.9 Å². The highest BCUT2D eigenvalue weighted by Crippen LogP contribution is 2.46. The molecule has 25 heavy (non-hydrogen) atoms. The van der Waals surface area contributed by atoms with Crippen LogP contribution in [0.1, 0.15) is 23.3 Å². The zero-order chi connectivity index (χ0) is 17.8. The third-order valence-electron chi connectivity index (χ3n) is 4.23. The van der Waals surface area contributed by atoms with E-state index in [0.29, 0.717) is 17.2 Å². The summed E-state index contributed by atoms with van der Waals surface area (Å²) < 4.78 is 33.1. The lowest BCUT2D eigenvalue weighted by atomic mass is 9.97. The fourth-order valence-electron chi connectivity index (χ4n) is 2.96. The summed E-state index contributed by atoms with van der Waals surface area (Å²) in [7, 11) is 6.40. The maximum atomic E-state index is 5.83. The van der Waals surface area contributed by atoms with Gasteiger partial charge >= 0.3 is 0 Å². The summed E-state index contributed by atoms with van der Waals surface area (Å²) in [5.41, 5.74) is 1.91. The smallest absolute Gasteiger partial charge is 0.203 e. The Labute approximate surface area is 147 Å². The molecular weight excluding hydrogens is 324 g/mol. The van der Waals surface area contributed by atoms with Gasteiger partial charge in [-0.2, -0.15) is 0 Å². The summed E-state index contributed by atoms with van der Waals surface area (Å²) in [5.74, 6) is 2.52. The molecule has 0 unspecified atom stereocenters. The molecule has 1 aliphatic rings. The monoisotopic (exact) mass is 346 g/mol. The van der Waals surface area contributed by atoms with Crippen molar-refractivity contribution < 1.29 is 28.4 Å². The van der Waals surface area contributed by atoms with Crippen molar-refractivity contribution in [3.8, 4) is 23.0 Å². The van der Waals surface area contributed by atoms with Crippen LogP contribution in [0.4, 0.5) is 0 Å². The van der Waals surface area contributed by atoms with E-state index in [4.69, 9.17) is 28.4 Å². The first-order valence-corrected chi connectivity index (χ1v) is 7.88. The van der Waals surface area contributed by atoms with Gasteiger partial charge in [-0.3, -0.25) is 0 Å². The topological polar surface area (TPSA) is 55.4 Å².